The summed E-state index contributed by atoms with van der Waals surface area (Å²) in [6, 6.07) is 2.08. The van der Waals surface area contributed by atoms with Gasteiger partial charge in [0.05, 0.1) is 13.5 Å². The number of carbonyl (C=O) groups is 1. The maximum Gasteiger partial charge on any atom is 0.309 e. The summed E-state index contributed by atoms with van der Waals surface area (Å²) < 4.78 is 29.9. The van der Waals surface area contributed by atoms with Crippen LogP contribution in [-0.2, 0) is 16.0 Å². The molecular formula is C10H10F2O2. The summed E-state index contributed by atoms with van der Waals surface area (Å²) in [7, 11) is 1.25. The topological polar surface area (TPSA) is 26.3 Å². The molecule has 76 valence electrons. The minimum absolute atomic E-state index is 0.0421. The average molecular weight is 200 g/mol. The van der Waals surface area contributed by atoms with E-state index < -0.39 is 17.6 Å². The summed E-state index contributed by atoms with van der Waals surface area (Å²) >= 11 is 0. The Morgan fingerprint density at radius 3 is 2.50 bits per heavy atom. The minimum atomic E-state index is -0.950. The second-order valence-electron chi connectivity index (χ2n) is 2.95. The van der Waals surface area contributed by atoms with Gasteiger partial charge in [-0.1, -0.05) is 0 Å². The Bertz CT molecular complexity index is 361. The van der Waals surface area contributed by atoms with Crippen molar-refractivity contribution in [2.24, 2.45) is 0 Å². The van der Waals surface area contributed by atoms with Gasteiger partial charge in [-0.15, -0.1) is 0 Å². The Morgan fingerprint density at radius 1 is 1.36 bits per heavy atom. The van der Waals surface area contributed by atoms with Crippen molar-refractivity contribution in [2.45, 2.75) is 13.3 Å². The van der Waals surface area contributed by atoms with Crippen molar-refractivity contribution < 1.29 is 18.3 Å². The van der Waals surface area contributed by atoms with Crippen LogP contribution >= 0.6 is 0 Å². The van der Waals surface area contributed by atoms with E-state index in [4.69, 9.17) is 0 Å². The molecule has 0 aromatic heterocycles. The molecule has 0 aliphatic rings. The fourth-order valence-electron chi connectivity index (χ4n) is 1.11. The molecule has 0 saturated carbocycles. The quantitative estimate of drug-likeness (QED) is 0.682. The summed E-state index contributed by atoms with van der Waals surface area (Å²) in [6.07, 6.45) is -0.0421. The number of methoxy groups -OCH3 is 1. The number of hydrogen-bond acceptors (Lipinski definition) is 2. The van der Waals surface area contributed by atoms with Crippen molar-refractivity contribution >= 4 is 5.97 Å². The molecular weight excluding hydrogens is 190 g/mol. The second-order valence-corrected chi connectivity index (χ2v) is 2.95. The fourth-order valence-corrected chi connectivity index (χ4v) is 1.11. The van der Waals surface area contributed by atoms with Crippen LogP contribution in [0.1, 0.15) is 11.1 Å². The monoisotopic (exact) mass is 200 g/mol. The first-order valence-electron chi connectivity index (χ1n) is 4.06. The first-order chi connectivity index (χ1) is 6.54. The Kier molecular flexibility index (Phi) is 3.17. The van der Waals surface area contributed by atoms with Gasteiger partial charge in [-0.25, -0.2) is 8.78 Å². The molecule has 0 aliphatic heterocycles. The second kappa shape index (κ2) is 4.17. The number of halogens is 2. The SMILES string of the molecule is COC(=O)Cc1cc(F)c(F)cc1C. The molecule has 0 amide bonds. The summed E-state index contributed by atoms with van der Waals surface area (Å²) in [5.41, 5.74) is 0.977. The molecule has 0 heterocycles. The van der Waals surface area contributed by atoms with Crippen molar-refractivity contribution in [3.63, 3.8) is 0 Å². The van der Waals surface area contributed by atoms with Crippen LogP contribution in [0.4, 0.5) is 8.78 Å². The molecule has 0 N–H and O–H groups in total. The van der Waals surface area contributed by atoms with E-state index in [1.165, 1.54) is 7.11 Å². The number of aryl methyl sites for hydroxylation is 1. The summed E-state index contributed by atoms with van der Waals surface area (Å²) in [5, 5.41) is 0. The average Bonchev–Trinajstić information content (AvgIpc) is 2.14. The van der Waals surface area contributed by atoms with E-state index >= 15 is 0 Å². The normalized spacial score (nSPS) is 10.0. The molecule has 0 unspecified atom stereocenters. The van der Waals surface area contributed by atoms with E-state index in [0.717, 1.165) is 12.1 Å². The Labute approximate surface area is 80.5 Å². The Hall–Kier alpha value is -1.45. The predicted molar refractivity (Wildman–Crippen MR) is 46.8 cm³/mol. The van der Waals surface area contributed by atoms with Crippen LogP contribution in [0.2, 0.25) is 0 Å². The molecule has 4 heteroatoms. The van der Waals surface area contributed by atoms with Crippen molar-refractivity contribution in [1.29, 1.82) is 0 Å². The van der Waals surface area contributed by atoms with Crippen molar-refractivity contribution in [3.05, 3.63) is 34.9 Å². The lowest BCUT2D eigenvalue weighted by Crippen LogP contribution is -2.06. The summed E-state index contributed by atoms with van der Waals surface area (Å²) in [5.74, 6) is -2.33. The van der Waals surface area contributed by atoms with Gasteiger partial charge in [0.25, 0.3) is 0 Å². The predicted octanol–water partition coefficient (Wildman–Crippen LogP) is 1.99. The zero-order valence-electron chi connectivity index (χ0n) is 7.93. The third-order valence-electron chi connectivity index (χ3n) is 1.94. The molecule has 1 aromatic carbocycles. The van der Waals surface area contributed by atoms with Crippen LogP contribution in [0.3, 0.4) is 0 Å². The molecule has 0 spiro atoms. The van der Waals surface area contributed by atoms with Crippen molar-refractivity contribution in [3.8, 4) is 0 Å². The maximum atomic E-state index is 12.8. The smallest absolute Gasteiger partial charge is 0.309 e. The molecule has 0 saturated heterocycles. The van der Waals surface area contributed by atoms with Gasteiger partial charge >= 0.3 is 5.97 Å². The maximum absolute atomic E-state index is 12.8. The van der Waals surface area contributed by atoms with Crippen LogP contribution in [-0.4, -0.2) is 13.1 Å². The van der Waals surface area contributed by atoms with Crippen molar-refractivity contribution in [2.75, 3.05) is 7.11 Å². The number of rotatable bonds is 2. The molecule has 0 fully saturated rings. The number of hydrogen-bond donors (Lipinski definition) is 0. The summed E-state index contributed by atoms with van der Waals surface area (Å²) in [4.78, 5) is 10.9. The molecule has 0 radical (unpaired) electrons. The van der Waals surface area contributed by atoms with Gasteiger partial charge in [0.2, 0.25) is 0 Å². The van der Waals surface area contributed by atoms with Gasteiger partial charge in [0.15, 0.2) is 11.6 Å². The largest absolute Gasteiger partial charge is 0.469 e. The van der Waals surface area contributed by atoms with Crippen LogP contribution in [0, 0.1) is 18.6 Å². The van der Waals surface area contributed by atoms with Crippen molar-refractivity contribution in [1.82, 2.24) is 0 Å². The Balaban J connectivity index is 2.98. The zero-order valence-corrected chi connectivity index (χ0v) is 7.93. The lowest BCUT2D eigenvalue weighted by Gasteiger charge is -2.05. The van der Waals surface area contributed by atoms with Crippen LogP contribution in [0.5, 0.6) is 0 Å². The van der Waals surface area contributed by atoms with E-state index in [0.29, 0.717) is 11.1 Å². The third kappa shape index (κ3) is 2.28. The molecule has 0 bridgehead atoms. The molecule has 0 atom stereocenters. The number of carbonyl (C=O) groups excluding carboxylic acids is 1. The van der Waals surface area contributed by atoms with Gasteiger partial charge < -0.3 is 4.74 Å². The van der Waals surface area contributed by atoms with Gasteiger partial charge in [-0.05, 0) is 30.2 Å². The van der Waals surface area contributed by atoms with Gasteiger partial charge in [-0.3, -0.25) is 4.79 Å². The highest BCUT2D eigenvalue weighted by Crippen LogP contribution is 2.14. The molecule has 14 heavy (non-hydrogen) atoms. The highest BCUT2D eigenvalue weighted by molar-refractivity contribution is 5.72. The zero-order chi connectivity index (χ0) is 10.7. The number of esters is 1. The number of ether oxygens (including phenoxy) is 1. The van der Waals surface area contributed by atoms with E-state index in [2.05, 4.69) is 4.74 Å². The molecule has 0 aliphatic carbocycles. The molecule has 1 aromatic rings. The standard InChI is InChI=1S/C10H10F2O2/c1-6-3-8(11)9(12)4-7(6)5-10(13)14-2/h3-4H,5H2,1-2H3. The first kappa shape index (κ1) is 10.6. The van der Waals surface area contributed by atoms with Gasteiger partial charge in [0, 0.05) is 0 Å². The lowest BCUT2D eigenvalue weighted by molar-refractivity contribution is -0.139. The molecule has 2 nitrogen and oxygen atoms in total. The van der Waals surface area contributed by atoms with Crippen LogP contribution < -0.4 is 0 Å². The van der Waals surface area contributed by atoms with E-state index in [-0.39, 0.29) is 6.42 Å². The van der Waals surface area contributed by atoms with Gasteiger partial charge in [0.1, 0.15) is 0 Å². The van der Waals surface area contributed by atoms with E-state index in [1.54, 1.807) is 6.92 Å². The number of benzene rings is 1. The third-order valence-corrected chi connectivity index (χ3v) is 1.94. The fraction of sp³-hybridized carbons (Fsp3) is 0.300. The highest BCUT2D eigenvalue weighted by Gasteiger charge is 2.10. The first-order valence-corrected chi connectivity index (χ1v) is 4.06. The lowest BCUT2D eigenvalue weighted by atomic mass is 10.1. The Morgan fingerprint density at radius 2 is 1.93 bits per heavy atom. The van der Waals surface area contributed by atoms with E-state index in [1.807, 2.05) is 0 Å². The van der Waals surface area contributed by atoms with Crippen LogP contribution in [0.25, 0.3) is 0 Å². The van der Waals surface area contributed by atoms with Gasteiger partial charge in [-0.2, -0.15) is 0 Å². The summed E-state index contributed by atoms with van der Waals surface area (Å²) in [6.45, 7) is 1.61. The minimum Gasteiger partial charge on any atom is -0.469 e. The molecule has 1 rings (SSSR count). The van der Waals surface area contributed by atoms with E-state index in [9.17, 15) is 13.6 Å². The highest BCUT2D eigenvalue weighted by atomic mass is 19.2. The van der Waals surface area contributed by atoms with Crippen LogP contribution in [0.15, 0.2) is 12.1 Å².